The molecule has 1 amide bonds. The molecule has 0 N–H and O–H groups in total. The van der Waals surface area contributed by atoms with Crippen LogP contribution in [0.25, 0.3) is 0 Å². The van der Waals surface area contributed by atoms with Crippen molar-refractivity contribution in [1.29, 1.82) is 0 Å². The minimum Gasteiger partial charge on any atom is -0.444 e. The first-order valence-electron chi connectivity index (χ1n) is 8.97. The Hall–Kier alpha value is -1.32. The van der Waals surface area contributed by atoms with Gasteiger partial charge in [0.05, 0.1) is 20.6 Å². The van der Waals surface area contributed by atoms with E-state index in [-0.39, 0.29) is 22.6 Å². The van der Waals surface area contributed by atoms with Crippen molar-refractivity contribution < 1.29 is 17.9 Å². The largest absolute Gasteiger partial charge is 0.444 e. The fourth-order valence-electron chi connectivity index (χ4n) is 3.68. The molecule has 0 saturated carbocycles. The van der Waals surface area contributed by atoms with Crippen LogP contribution < -0.4 is 4.90 Å². The van der Waals surface area contributed by atoms with E-state index in [1.165, 1.54) is 22.5 Å². The summed E-state index contributed by atoms with van der Waals surface area (Å²) in [4.78, 5) is 14.2. The molecule has 0 atom stereocenters. The molecule has 0 unspecified atom stereocenters. The van der Waals surface area contributed by atoms with Crippen LogP contribution in [-0.2, 0) is 21.4 Å². The summed E-state index contributed by atoms with van der Waals surface area (Å²) < 4.78 is 33.5. The van der Waals surface area contributed by atoms with Crippen LogP contribution in [0.15, 0.2) is 45.8 Å². The molecule has 2 heterocycles. The number of anilines is 1. The summed E-state index contributed by atoms with van der Waals surface area (Å²) in [7, 11) is -3.69. The lowest BCUT2D eigenvalue weighted by Crippen LogP contribution is -2.50. The molecule has 0 aliphatic carbocycles. The normalized spacial score (nSPS) is 18.4. The Bertz CT molecular complexity index is 1070. The zero-order valence-electron chi connectivity index (χ0n) is 15.1. The van der Waals surface area contributed by atoms with Gasteiger partial charge in [-0.25, -0.2) is 13.2 Å². The van der Waals surface area contributed by atoms with Gasteiger partial charge in [-0.15, -0.1) is 0 Å². The molecular formula is C19H17BrCl2N2O4S. The summed E-state index contributed by atoms with van der Waals surface area (Å²) in [5.74, 6) is 0. The highest BCUT2D eigenvalue weighted by Gasteiger charge is 2.37. The van der Waals surface area contributed by atoms with Crippen molar-refractivity contribution in [1.82, 2.24) is 4.31 Å². The third-order valence-corrected chi connectivity index (χ3v) is 8.29. The van der Waals surface area contributed by atoms with Gasteiger partial charge in [0.15, 0.2) is 0 Å². The number of amides is 1. The van der Waals surface area contributed by atoms with Crippen LogP contribution in [-0.4, -0.2) is 37.9 Å². The van der Waals surface area contributed by atoms with Gasteiger partial charge >= 0.3 is 6.09 Å². The molecule has 0 spiro atoms. The first kappa shape index (κ1) is 20.9. The van der Waals surface area contributed by atoms with Crippen LogP contribution in [0.1, 0.15) is 18.4 Å². The van der Waals surface area contributed by atoms with Gasteiger partial charge in [0.2, 0.25) is 10.0 Å². The van der Waals surface area contributed by atoms with Crippen molar-refractivity contribution in [3.05, 3.63) is 56.5 Å². The lowest BCUT2D eigenvalue weighted by molar-refractivity contribution is 0.135. The predicted octanol–water partition coefficient (Wildman–Crippen LogP) is 5.07. The van der Waals surface area contributed by atoms with E-state index >= 15 is 0 Å². The number of cyclic esters (lactones) is 1. The van der Waals surface area contributed by atoms with Gasteiger partial charge in [0.25, 0.3) is 0 Å². The Morgan fingerprint density at radius 3 is 2.45 bits per heavy atom. The van der Waals surface area contributed by atoms with Crippen LogP contribution in [0.5, 0.6) is 0 Å². The predicted molar refractivity (Wildman–Crippen MR) is 115 cm³/mol. The van der Waals surface area contributed by atoms with Gasteiger partial charge in [-0.2, -0.15) is 4.31 Å². The number of halogens is 3. The average Bonchev–Trinajstić information content (AvgIpc) is 2.70. The maximum atomic E-state index is 12.9. The van der Waals surface area contributed by atoms with Gasteiger partial charge in [-0.05, 0) is 49.2 Å². The summed E-state index contributed by atoms with van der Waals surface area (Å²) >= 11 is 15.3. The van der Waals surface area contributed by atoms with Gasteiger partial charge in [0.1, 0.15) is 6.61 Å². The van der Waals surface area contributed by atoms with Crippen molar-refractivity contribution in [3.63, 3.8) is 0 Å². The minimum atomic E-state index is -3.69. The smallest absolute Gasteiger partial charge is 0.414 e. The average molecular weight is 520 g/mol. The highest BCUT2D eigenvalue weighted by Crippen LogP contribution is 2.35. The monoisotopic (exact) mass is 518 g/mol. The topological polar surface area (TPSA) is 66.9 Å². The number of piperidine rings is 1. The number of carbonyl (C=O) groups is 1. The fraction of sp³-hybridized carbons (Fsp3) is 0.316. The van der Waals surface area contributed by atoms with E-state index in [1.807, 2.05) is 18.2 Å². The highest BCUT2D eigenvalue weighted by molar-refractivity contribution is 9.10. The lowest BCUT2D eigenvalue weighted by Gasteiger charge is -2.39. The first-order chi connectivity index (χ1) is 13.8. The summed E-state index contributed by atoms with van der Waals surface area (Å²) in [5.41, 5.74) is 1.74. The quantitative estimate of drug-likeness (QED) is 0.568. The summed E-state index contributed by atoms with van der Waals surface area (Å²) in [5, 5.41) is 0.500. The maximum Gasteiger partial charge on any atom is 0.414 e. The lowest BCUT2D eigenvalue weighted by atomic mass is 10.0. The van der Waals surface area contributed by atoms with Crippen LogP contribution >= 0.6 is 39.1 Å². The second-order valence-electron chi connectivity index (χ2n) is 6.91. The number of fused-ring (bicyclic) bond motifs is 1. The number of nitrogens with zero attached hydrogens (tertiary/aromatic N) is 2. The molecule has 0 aromatic heterocycles. The summed E-state index contributed by atoms with van der Waals surface area (Å²) in [6.07, 6.45) is 0.613. The van der Waals surface area contributed by atoms with Crippen molar-refractivity contribution in [2.24, 2.45) is 0 Å². The molecule has 4 rings (SSSR count). The highest BCUT2D eigenvalue weighted by atomic mass is 79.9. The van der Waals surface area contributed by atoms with Crippen LogP contribution in [0.2, 0.25) is 10.0 Å². The van der Waals surface area contributed by atoms with E-state index in [4.69, 9.17) is 27.9 Å². The Kier molecular flexibility index (Phi) is 5.83. The molecule has 2 aromatic carbocycles. The number of ether oxygens (including phenoxy) is 1. The van der Waals surface area contributed by atoms with E-state index < -0.39 is 16.1 Å². The van der Waals surface area contributed by atoms with E-state index in [1.54, 1.807) is 4.90 Å². The molecule has 10 heteroatoms. The molecule has 2 aliphatic rings. The molecule has 29 heavy (non-hydrogen) atoms. The number of benzene rings is 2. The molecule has 2 aliphatic heterocycles. The summed E-state index contributed by atoms with van der Waals surface area (Å²) in [6.45, 7) is 0.820. The van der Waals surface area contributed by atoms with E-state index in [9.17, 15) is 13.2 Å². The molecule has 0 radical (unpaired) electrons. The van der Waals surface area contributed by atoms with Gasteiger partial charge < -0.3 is 4.74 Å². The Balaban J connectivity index is 1.52. The number of rotatable bonds is 3. The van der Waals surface area contributed by atoms with Crippen LogP contribution in [0, 0.1) is 0 Å². The molecule has 0 bridgehead atoms. The second-order valence-corrected chi connectivity index (χ2v) is 10.6. The molecule has 154 valence electrons. The number of carbonyl (C=O) groups excluding carboxylic acids is 1. The molecule has 2 aromatic rings. The van der Waals surface area contributed by atoms with Crippen molar-refractivity contribution in [2.75, 3.05) is 18.0 Å². The van der Waals surface area contributed by atoms with Crippen LogP contribution in [0.3, 0.4) is 0 Å². The third-order valence-electron chi connectivity index (χ3n) is 5.17. The van der Waals surface area contributed by atoms with Crippen LogP contribution in [0.4, 0.5) is 10.5 Å². The number of sulfonamides is 1. The van der Waals surface area contributed by atoms with Crippen molar-refractivity contribution in [2.45, 2.75) is 30.4 Å². The zero-order chi connectivity index (χ0) is 20.8. The molecular weight excluding hydrogens is 503 g/mol. The van der Waals surface area contributed by atoms with E-state index in [0.717, 1.165) is 15.7 Å². The molecule has 1 fully saturated rings. The van der Waals surface area contributed by atoms with Crippen molar-refractivity contribution >= 4 is 60.9 Å². The SMILES string of the molecule is O=C1OCc2cc(Br)ccc2N1C1CCN(S(=O)(=O)c2ccc(Cl)c(Cl)c2)CC1. The molecule has 1 saturated heterocycles. The standard InChI is InChI=1S/C19H17BrCl2N2O4S/c20-13-1-4-18-12(9-13)11-28-19(25)24(18)14-5-7-23(8-6-14)29(26,27)15-2-3-16(21)17(22)10-15/h1-4,9-10,14H,5-8,11H2. The fourth-order valence-corrected chi connectivity index (χ4v) is 5.95. The molecule has 6 nitrogen and oxygen atoms in total. The van der Waals surface area contributed by atoms with Gasteiger partial charge in [-0.1, -0.05) is 39.1 Å². The maximum absolute atomic E-state index is 12.9. The Morgan fingerprint density at radius 2 is 1.76 bits per heavy atom. The minimum absolute atomic E-state index is 0.109. The zero-order valence-corrected chi connectivity index (χ0v) is 19.1. The first-order valence-corrected chi connectivity index (χ1v) is 12.0. The van der Waals surface area contributed by atoms with Gasteiger partial charge in [-0.3, -0.25) is 4.90 Å². The second kappa shape index (κ2) is 8.07. The third kappa shape index (κ3) is 4.01. The summed E-state index contributed by atoms with van der Waals surface area (Å²) in [6, 6.07) is 9.85. The van der Waals surface area contributed by atoms with E-state index in [0.29, 0.717) is 31.0 Å². The van der Waals surface area contributed by atoms with Crippen molar-refractivity contribution in [3.8, 4) is 0 Å². The Labute approximate surface area is 187 Å². The number of hydrogen-bond acceptors (Lipinski definition) is 4. The van der Waals surface area contributed by atoms with Gasteiger partial charge in [0, 0.05) is 29.2 Å². The Morgan fingerprint density at radius 1 is 1.03 bits per heavy atom. The van der Waals surface area contributed by atoms with E-state index in [2.05, 4.69) is 15.9 Å². The number of hydrogen-bond donors (Lipinski definition) is 0.